The van der Waals surface area contributed by atoms with E-state index in [4.69, 9.17) is 23.7 Å². The van der Waals surface area contributed by atoms with Gasteiger partial charge in [-0.25, -0.2) is 9.59 Å². The third-order valence-corrected chi connectivity index (χ3v) is 4.47. The molecule has 0 aromatic carbocycles. The summed E-state index contributed by atoms with van der Waals surface area (Å²) in [6, 6.07) is 0. The van der Waals surface area contributed by atoms with E-state index in [1.807, 2.05) is 0 Å². The molecule has 0 aliphatic carbocycles. The molecule has 9 nitrogen and oxygen atoms in total. The Labute approximate surface area is 189 Å². The van der Waals surface area contributed by atoms with Crippen molar-refractivity contribution in [3.63, 3.8) is 0 Å². The highest BCUT2D eigenvalue weighted by Crippen LogP contribution is 2.19. The monoisotopic (exact) mass is 454 g/mol. The Hall–Kier alpha value is -2.68. The zero-order valence-corrected chi connectivity index (χ0v) is 19.0. The molecule has 1 rings (SSSR count). The van der Waals surface area contributed by atoms with Crippen LogP contribution in [0.15, 0.2) is 24.3 Å². The summed E-state index contributed by atoms with van der Waals surface area (Å²) in [5.74, 6) is -1.61. The maximum Gasteiger partial charge on any atom is 0.333 e. The highest BCUT2D eigenvalue weighted by atomic mass is 16.7. The van der Waals surface area contributed by atoms with Crippen LogP contribution in [0.2, 0.25) is 0 Å². The second-order valence-electron chi connectivity index (χ2n) is 7.69. The van der Waals surface area contributed by atoms with Crippen LogP contribution >= 0.6 is 0 Å². The summed E-state index contributed by atoms with van der Waals surface area (Å²) in [7, 11) is 0. The van der Waals surface area contributed by atoms with Crippen LogP contribution in [0.1, 0.15) is 65.2 Å². The first-order valence-electron chi connectivity index (χ1n) is 10.8. The van der Waals surface area contributed by atoms with Gasteiger partial charge in [-0.15, -0.1) is 0 Å². The molecular formula is C23H34O9. The van der Waals surface area contributed by atoms with Crippen LogP contribution in [0.4, 0.5) is 0 Å². The molecule has 0 amide bonds. The largest absolute Gasteiger partial charge is 0.462 e. The number of unbranched alkanes of at least 4 members (excludes halogenated alkanes) is 2. The molecule has 1 saturated heterocycles. The van der Waals surface area contributed by atoms with Crippen molar-refractivity contribution in [1.29, 1.82) is 0 Å². The number of ether oxygens (including phenoxy) is 5. The molecule has 0 spiro atoms. The van der Waals surface area contributed by atoms with E-state index in [2.05, 4.69) is 13.2 Å². The maximum atomic E-state index is 11.9. The van der Waals surface area contributed by atoms with Crippen molar-refractivity contribution in [1.82, 2.24) is 0 Å². The molecule has 1 aliphatic heterocycles. The first-order chi connectivity index (χ1) is 15.2. The number of hydrogen-bond acceptors (Lipinski definition) is 9. The highest BCUT2D eigenvalue weighted by Gasteiger charge is 2.26. The van der Waals surface area contributed by atoms with E-state index in [9.17, 15) is 19.2 Å². The Morgan fingerprint density at radius 1 is 0.781 bits per heavy atom. The van der Waals surface area contributed by atoms with Crippen LogP contribution < -0.4 is 0 Å². The van der Waals surface area contributed by atoms with Gasteiger partial charge in [0.2, 0.25) is 6.29 Å². The quantitative estimate of drug-likeness (QED) is 0.169. The Kier molecular flexibility index (Phi) is 13.0. The molecule has 1 heterocycles. The minimum atomic E-state index is -0.651. The van der Waals surface area contributed by atoms with E-state index in [1.54, 1.807) is 13.8 Å². The minimum absolute atomic E-state index is 0.163. The first-order valence-corrected chi connectivity index (χ1v) is 10.8. The molecule has 2 unspecified atom stereocenters. The van der Waals surface area contributed by atoms with Crippen LogP contribution in [-0.4, -0.2) is 56.1 Å². The third-order valence-electron chi connectivity index (χ3n) is 4.47. The van der Waals surface area contributed by atoms with Gasteiger partial charge in [0.15, 0.2) is 0 Å². The van der Waals surface area contributed by atoms with E-state index in [-0.39, 0.29) is 50.7 Å². The lowest BCUT2D eigenvalue weighted by Gasteiger charge is -2.28. The van der Waals surface area contributed by atoms with E-state index in [1.165, 1.54) is 0 Å². The summed E-state index contributed by atoms with van der Waals surface area (Å²) in [4.78, 5) is 46.3. The predicted octanol–water partition coefficient (Wildman–Crippen LogP) is 3.16. The predicted molar refractivity (Wildman–Crippen MR) is 114 cm³/mol. The normalized spacial score (nSPS) is 17.7. The standard InChI is InChI=1S/C23H34O9/c1-16(2)22(26)28-13-7-5-9-19(24)31-18-11-12-21(30-15-18)32-20(25)10-6-8-14-29-23(27)17(3)4/h18,21H,1,3,5-15H2,2,4H3. The fourth-order valence-corrected chi connectivity index (χ4v) is 2.66. The Bertz CT molecular complexity index is 617. The molecule has 9 heteroatoms. The lowest BCUT2D eigenvalue weighted by atomic mass is 10.1. The Morgan fingerprint density at radius 3 is 1.72 bits per heavy atom. The number of rotatable bonds is 14. The van der Waals surface area contributed by atoms with E-state index in [0.717, 1.165) is 0 Å². The van der Waals surface area contributed by atoms with Gasteiger partial charge in [0.25, 0.3) is 0 Å². The van der Waals surface area contributed by atoms with E-state index in [0.29, 0.717) is 49.7 Å². The Balaban J connectivity index is 2.07. The second-order valence-corrected chi connectivity index (χ2v) is 7.69. The average Bonchev–Trinajstić information content (AvgIpc) is 2.74. The molecule has 0 radical (unpaired) electrons. The molecule has 0 aromatic rings. The Morgan fingerprint density at radius 2 is 1.28 bits per heavy atom. The van der Waals surface area contributed by atoms with Crippen molar-refractivity contribution in [2.24, 2.45) is 0 Å². The average molecular weight is 455 g/mol. The molecule has 180 valence electrons. The number of carbonyl (C=O) groups excluding carboxylic acids is 4. The van der Waals surface area contributed by atoms with Gasteiger partial charge in [0.1, 0.15) is 6.10 Å². The molecule has 0 N–H and O–H groups in total. The first kappa shape index (κ1) is 27.4. The summed E-state index contributed by atoms with van der Waals surface area (Å²) in [6.45, 7) is 10.8. The van der Waals surface area contributed by atoms with Crippen molar-refractivity contribution >= 4 is 23.9 Å². The third kappa shape index (κ3) is 12.2. The van der Waals surface area contributed by atoms with Crippen LogP contribution in [0.25, 0.3) is 0 Å². The molecule has 1 aliphatic rings. The van der Waals surface area contributed by atoms with Gasteiger partial charge in [-0.05, 0) is 46.0 Å². The van der Waals surface area contributed by atoms with Crippen LogP contribution in [-0.2, 0) is 42.9 Å². The van der Waals surface area contributed by atoms with Gasteiger partial charge in [0.05, 0.1) is 19.8 Å². The highest BCUT2D eigenvalue weighted by molar-refractivity contribution is 5.87. The van der Waals surface area contributed by atoms with Crippen molar-refractivity contribution < 1.29 is 42.9 Å². The fraction of sp³-hybridized carbons (Fsp3) is 0.652. The summed E-state index contributed by atoms with van der Waals surface area (Å²) >= 11 is 0. The van der Waals surface area contributed by atoms with E-state index >= 15 is 0 Å². The smallest absolute Gasteiger partial charge is 0.333 e. The van der Waals surface area contributed by atoms with Crippen molar-refractivity contribution in [2.75, 3.05) is 19.8 Å². The molecule has 0 bridgehead atoms. The van der Waals surface area contributed by atoms with Crippen molar-refractivity contribution in [3.8, 4) is 0 Å². The van der Waals surface area contributed by atoms with Gasteiger partial charge in [0, 0.05) is 30.4 Å². The van der Waals surface area contributed by atoms with Crippen LogP contribution in [0.3, 0.4) is 0 Å². The van der Waals surface area contributed by atoms with Crippen LogP contribution in [0.5, 0.6) is 0 Å². The molecule has 1 fully saturated rings. The molecule has 0 saturated carbocycles. The summed E-state index contributed by atoms with van der Waals surface area (Å²) in [6.07, 6.45) is 2.56. The molecular weight excluding hydrogens is 420 g/mol. The van der Waals surface area contributed by atoms with E-state index < -0.39 is 18.2 Å². The van der Waals surface area contributed by atoms with Crippen LogP contribution in [0, 0.1) is 0 Å². The molecule has 0 aromatic heterocycles. The maximum absolute atomic E-state index is 11.9. The zero-order chi connectivity index (χ0) is 23.9. The second kappa shape index (κ2) is 15.2. The number of carbonyl (C=O) groups is 4. The van der Waals surface area contributed by atoms with Gasteiger partial charge < -0.3 is 23.7 Å². The van der Waals surface area contributed by atoms with Gasteiger partial charge in [-0.3, -0.25) is 9.59 Å². The summed E-state index contributed by atoms with van der Waals surface area (Å²) < 4.78 is 26.0. The van der Waals surface area contributed by atoms with Gasteiger partial charge >= 0.3 is 23.9 Å². The van der Waals surface area contributed by atoms with Gasteiger partial charge in [-0.2, -0.15) is 0 Å². The fourth-order valence-electron chi connectivity index (χ4n) is 2.66. The van der Waals surface area contributed by atoms with Gasteiger partial charge in [-0.1, -0.05) is 13.2 Å². The molecule has 32 heavy (non-hydrogen) atoms. The SMILES string of the molecule is C=C(C)C(=O)OCCCCC(=O)OC1CCC(OC(=O)CCCCOC(=O)C(=C)C)OC1. The topological polar surface area (TPSA) is 114 Å². The molecule has 2 atom stereocenters. The summed E-state index contributed by atoms with van der Waals surface area (Å²) in [5, 5.41) is 0. The van der Waals surface area contributed by atoms with Crippen molar-refractivity contribution in [2.45, 2.75) is 77.6 Å². The number of hydrogen-bond donors (Lipinski definition) is 0. The zero-order valence-electron chi connectivity index (χ0n) is 19.0. The van der Waals surface area contributed by atoms with Crippen molar-refractivity contribution in [3.05, 3.63) is 24.3 Å². The summed E-state index contributed by atoms with van der Waals surface area (Å²) in [5.41, 5.74) is 0.678. The lowest BCUT2D eigenvalue weighted by molar-refractivity contribution is -0.204. The lowest BCUT2D eigenvalue weighted by Crippen LogP contribution is -2.35. The number of esters is 4. The minimum Gasteiger partial charge on any atom is -0.462 e.